The van der Waals surface area contributed by atoms with Crippen molar-refractivity contribution in [3.63, 3.8) is 0 Å². The van der Waals surface area contributed by atoms with Crippen molar-refractivity contribution in [3.05, 3.63) is 243 Å². The highest BCUT2D eigenvalue weighted by molar-refractivity contribution is 7.19. The maximum absolute atomic E-state index is 6.32. The summed E-state index contributed by atoms with van der Waals surface area (Å²) in [6.45, 7) is 0. The molecule has 0 aliphatic rings. The Morgan fingerprint density at radius 2 is 0.828 bits per heavy atom. The second kappa shape index (κ2) is 14.5. The van der Waals surface area contributed by atoms with E-state index in [1.807, 2.05) is 6.07 Å². The zero-order valence-electron chi connectivity index (χ0n) is 34.9. The fraction of sp³-hybridized carbons (Fsp3) is 0. The maximum atomic E-state index is 6.32. The molecule has 0 atom stereocenters. The van der Waals surface area contributed by atoms with Crippen LogP contribution in [0.3, 0.4) is 0 Å². The summed E-state index contributed by atoms with van der Waals surface area (Å²) in [5, 5.41) is 12.6. The van der Waals surface area contributed by atoms with Gasteiger partial charge in [-0.2, -0.15) is 0 Å². The summed E-state index contributed by atoms with van der Waals surface area (Å²) < 4.78 is 11.2. The van der Waals surface area contributed by atoms with Gasteiger partial charge in [-0.05, 0) is 92.5 Å². The van der Waals surface area contributed by atoms with E-state index in [1.54, 1.807) is 0 Å². The van der Waals surface area contributed by atoms with Gasteiger partial charge in [-0.25, -0.2) is 0 Å². The number of hydrogen-bond donors (Lipinski definition) is 0. The Morgan fingerprint density at radius 1 is 0.312 bits per heavy atom. The van der Waals surface area contributed by atoms with Gasteiger partial charge in [0.2, 0.25) is 0 Å². The van der Waals surface area contributed by atoms with Gasteiger partial charge in [-0.15, -0.1) is 0 Å². The highest BCUT2D eigenvalue weighted by atomic mass is 28.3. The largest absolute Gasteiger partial charge is 0.456 e. The van der Waals surface area contributed by atoms with Gasteiger partial charge in [0.15, 0.2) is 8.07 Å². The van der Waals surface area contributed by atoms with E-state index in [0.717, 1.165) is 33.3 Å². The molecule has 0 N–H and O–H groups in total. The van der Waals surface area contributed by atoms with Gasteiger partial charge in [0, 0.05) is 38.0 Å². The van der Waals surface area contributed by atoms with E-state index in [0.29, 0.717) is 0 Å². The highest BCUT2D eigenvalue weighted by Gasteiger charge is 2.41. The molecule has 10 aromatic carbocycles. The molecule has 3 nitrogen and oxygen atoms in total. The summed E-state index contributed by atoms with van der Waals surface area (Å²) in [6.07, 6.45) is 0. The van der Waals surface area contributed by atoms with Crippen molar-refractivity contribution in [2.24, 2.45) is 0 Å². The van der Waals surface area contributed by atoms with Crippen molar-refractivity contribution in [1.82, 2.24) is 9.13 Å². The van der Waals surface area contributed by atoms with Gasteiger partial charge in [0.1, 0.15) is 11.2 Å². The molecule has 0 fully saturated rings. The zero-order valence-corrected chi connectivity index (χ0v) is 35.9. The Balaban J connectivity index is 1.01. The second-order valence-electron chi connectivity index (χ2n) is 16.8. The van der Waals surface area contributed by atoms with Crippen LogP contribution >= 0.6 is 0 Å². The van der Waals surface area contributed by atoms with Crippen molar-refractivity contribution in [1.29, 1.82) is 0 Å². The third-order valence-electron chi connectivity index (χ3n) is 13.5. The number of rotatable bonds is 7. The van der Waals surface area contributed by atoms with E-state index in [1.165, 1.54) is 75.5 Å². The van der Waals surface area contributed by atoms with E-state index < -0.39 is 8.07 Å². The molecule has 0 aliphatic carbocycles. The van der Waals surface area contributed by atoms with Crippen LogP contribution in [0.15, 0.2) is 247 Å². The van der Waals surface area contributed by atoms with Gasteiger partial charge >= 0.3 is 0 Å². The van der Waals surface area contributed by atoms with Crippen molar-refractivity contribution in [3.8, 4) is 22.5 Å². The molecule has 0 bridgehead atoms. The standard InChI is InChI=1S/C60H40N2OSi/c1-4-18-43(19-5-1)64(44-20-6-2-7-21-44,45-22-8-3-9-23-45)46-37-35-42(36-38-46)61-53-29-14-11-25-49(53)60-55(61)30-17-31-56(60)62-52-28-13-10-24-48(52)51-40-41(34-39-54(51)62)47-27-16-33-58-59(47)50-26-12-15-32-57(50)63-58/h1-40H. The third-order valence-corrected chi connectivity index (χ3v) is 18.3. The smallest absolute Gasteiger partial charge is 0.179 e. The maximum Gasteiger partial charge on any atom is 0.179 e. The quantitative estimate of drug-likeness (QED) is 0.116. The van der Waals surface area contributed by atoms with Crippen LogP contribution in [0.2, 0.25) is 0 Å². The minimum absolute atomic E-state index is 0.906. The Bertz CT molecular complexity index is 3790. The van der Waals surface area contributed by atoms with E-state index >= 15 is 0 Å². The van der Waals surface area contributed by atoms with E-state index in [4.69, 9.17) is 4.42 Å². The second-order valence-corrected chi connectivity index (χ2v) is 20.6. The fourth-order valence-electron chi connectivity index (χ4n) is 10.8. The summed E-state index contributed by atoms with van der Waals surface area (Å²) in [4.78, 5) is 0. The van der Waals surface area contributed by atoms with Gasteiger partial charge in [0.05, 0.1) is 27.8 Å². The number of hydrogen-bond acceptors (Lipinski definition) is 1. The lowest BCUT2D eigenvalue weighted by atomic mass is 9.98. The topological polar surface area (TPSA) is 23.0 Å². The average molecular weight is 833 g/mol. The third kappa shape index (κ3) is 5.33. The van der Waals surface area contributed by atoms with Crippen LogP contribution in [0.1, 0.15) is 0 Å². The fourth-order valence-corrected chi connectivity index (χ4v) is 15.5. The number of nitrogens with zero attached hydrogens (tertiary/aromatic N) is 2. The molecule has 3 heterocycles. The van der Waals surface area contributed by atoms with Gasteiger partial charge in [-0.1, -0.05) is 182 Å². The molecular weight excluding hydrogens is 793 g/mol. The molecule has 0 saturated heterocycles. The molecule has 0 saturated carbocycles. The molecule has 0 aliphatic heterocycles. The molecule has 0 spiro atoms. The first-order chi connectivity index (χ1) is 31.8. The first-order valence-corrected chi connectivity index (χ1v) is 24.0. The number of furan rings is 1. The molecular formula is C60H40N2OSi. The van der Waals surface area contributed by atoms with E-state index in [-0.39, 0.29) is 0 Å². The van der Waals surface area contributed by atoms with Crippen LogP contribution in [0.5, 0.6) is 0 Å². The van der Waals surface area contributed by atoms with Crippen LogP contribution in [0, 0.1) is 0 Å². The average Bonchev–Trinajstić information content (AvgIpc) is 4.03. The molecule has 64 heavy (non-hydrogen) atoms. The molecule has 300 valence electrons. The summed E-state index contributed by atoms with van der Waals surface area (Å²) in [6, 6.07) is 89.2. The Morgan fingerprint density at radius 3 is 1.52 bits per heavy atom. The van der Waals surface area contributed by atoms with Crippen molar-refractivity contribution in [2.75, 3.05) is 0 Å². The minimum Gasteiger partial charge on any atom is -0.456 e. The molecule has 13 rings (SSSR count). The first-order valence-electron chi connectivity index (χ1n) is 22.0. The van der Waals surface area contributed by atoms with Crippen LogP contribution in [0.4, 0.5) is 0 Å². The molecule has 0 radical (unpaired) electrons. The summed E-state index contributed by atoms with van der Waals surface area (Å²) in [5.74, 6) is 0. The number of aromatic nitrogens is 2. The van der Waals surface area contributed by atoms with E-state index in [9.17, 15) is 0 Å². The highest BCUT2D eigenvalue weighted by Crippen LogP contribution is 2.42. The Kier molecular flexibility index (Phi) is 8.23. The predicted molar refractivity (Wildman–Crippen MR) is 271 cm³/mol. The Labute approximate surface area is 371 Å². The van der Waals surface area contributed by atoms with E-state index in [2.05, 4.69) is 246 Å². The number of benzene rings is 10. The lowest BCUT2D eigenvalue weighted by molar-refractivity contribution is 0.669. The summed E-state index contributed by atoms with van der Waals surface area (Å²) in [5.41, 5.74) is 11.2. The lowest BCUT2D eigenvalue weighted by Crippen LogP contribution is -2.74. The van der Waals surface area contributed by atoms with Gasteiger partial charge in [-0.3, -0.25) is 0 Å². The van der Waals surface area contributed by atoms with Crippen molar-refractivity contribution < 1.29 is 4.42 Å². The number of para-hydroxylation sites is 3. The van der Waals surface area contributed by atoms with Crippen LogP contribution in [0.25, 0.3) is 88.1 Å². The van der Waals surface area contributed by atoms with Crippen molar-refractivity contribution >= 4 is 94.4 Å². The minimum atomic E-state index is -2.68. The van der Waals surface area contributed by atoms with Crippen LogP contribution < -0.4 is 20.7 Å². The van der Waals surface area contributed by atoms with Crippen molar-refractivity contribution in [2.45, 2.75) is 0 Å². The molecule has 0 amide bonds. The van der Waals surface area contributed by atoms with Gasteiger partial charge < -0.3 is 13.6 Å². The SMILES string of the molecule is c1ccc([Si](c2ccccc2)(c2ccccc2)c2ccc(-n3c4ccccc4c4c(-n5c6ccccc6c6cc(-c7cccc8oc9ccccc9c78)ccc65)cccc43)cc2)cc1. The van der Waals surface area contributed by atoms with Crippen LogP contribution in [-0.4, -0.2) is 17.2 Å². The normalized spacial score (nSPS) is 12.1. The predicted octanol–water partition coefficient (Wildman–Crippen LogP) is 12.8. The molecule has 3 aromatic heterocycles. The van der Waals surface area contributed by atoms with Gasteiger partial charge in [0.25, 0.3) is 0 Å². The van der Waals surface area contributed by atoms with Crippen LogP contribution in [-0.2, 0) is 0 Å². The lowest BCUT2D eigenvalue weighted by Gasteiger charge is -2.34. The Hall–Kier alpha value is -8.18. The number of fused-ring (bicyclic) bond motifs is 9. The molecule has 0 unspecified atom stereocenters. The molecule has 13 aromatic rings. The zero-order chi connectivity index (χ0) is 42.2. The molecule has 4 heteroatoms. The monoisotopic (exact) mass is 832 g/mol. The first kappa shape index (κ1) is 36.5. The summed E-state index contributed by atoms with van der Waals surface area (Å²) >= 11 is 0. The summed E-state index contributed by atoms with van der Waals surface area (Å²) in [7, 11) is -2.68.